The van der Waals surface area contributed by atoms with E-state index in [2.05, 4.69) is 6.92 Å². The lowest BCUT2D eigenvalue weighted by atomic mass is 9.95. The molecule has 0 bridgehead atoms. The van der Waals surface area contributed by atoms with Crippen molar-refractivity contribution in [3.63, 3.8) is 0 Å². The molecule has 0 radical (unpaired) electrons. The van der Waals surface area contributed by atoms with Crippen LogP contribution in [-0.4, -0.2) is 5.78 Å². The molecule has 0 aliphatic rings. The van der Waals surface area contributed by atoms with Gasteiger partial charge in [-0.15, -0.1) is 0 Å². The number of fused-ring (bicyclic) bond motifs is 1. The van der Waals surface area contributed by atoms with Gasteiger partial charge in [0.05, 0.1) is 6.26 Å². The zero-order chi connectivity index (χ0) is 10.8. The van der Waals surface area contributed by atoms with Crippen molar-refractivity contribution in [3.8, 4) is 0 Å². The number of carbonyl (C=O) groups is 1. The molecule has 1 heterocycles. The van der Waals surface area contributed by atoms with Gasteiger partial charge in [0.15, 0.2) is 0 Å². The lowest BCUT2D eigenvalue weighted by Gasteiger charge is -2.09. The highest BCUT2D eigenvalue weighted by molar-refractivity contribution is 5.82. The maximum atomic E-state index is 11.1. The molecule has 1 aromatic carbocycles. The summed E-state index contributed by atoms with van der Waals surface area (Å²) in [6.07, 6.45) is 2.26. The first-order valence-electron chi connectivity index (χ1n) is 5.14. The summed E-state index contributed by atoms with van der Waals surface area (Å²) in [7, 11) is 0. The van der Waals surface area contributed by atoms with Gasteiger partial charge in [0.1, 0.15) is 11.4 Å². The van der Waals surface area contributed by atoms with E-state index >= 15 is 0 Å². The van der Waals surface area contributed by atoms with Crippen molar-refractivity contribution in [3.05, 3.63) is 36.1 Å². The Balaban J connectivity index is 2.42. The van der Waals surface area contributed by atoms with Crippen molar-refractivity contribution in [1.29, 1.82) is 0 Å². The normalized spacial score (nSPS) is 12.9. The van der Waals surface area contributed by atoms with Crippen LogP contribution in [0.1, 0.15) is 31.7 Å². The Bertz CT molecular complexity index is 482. The fraction of sp³-hybridized carbons (Fsp3) is 0.308. The van der Waals surface area contributed by atoms with Crippen LogP contribution in [0.2, 0.25) is 0 Å². The van der Waals surface area contributed by atoms with Crippen LogP contribution in [0.15, 0.2) is 34.9 Å². The fourth-order valence-electron chi connectivity index (χ4n) is 1.95. The molecule has 2 rings (SSSR count). The second kappa shape index (κ2) is 3.89. The zero-order valence-corrected chi connectivity index (χ0v) is 8.99. The molecule has 1 unspecified atom stereocenters. The number of Topliss-reactive ketones (excluding diaryl/α,β-unsaturated/α-hetero) is 1. The van der Waals surface area contributed by atoms with Crippen molar-refractivity contribution < 1.29 is 9.21 Å². The highest BCUT2D eigenvalue weighted by Crippen LogP contribution is 2.28. The van der Waals surface area contributed by atoms with E-state index in [-0.39, 0.29) is 11.7 Å². The third-order valence-corrected chi connectivity index (χ3v) is 2.63. The third kappa shape index (κ3) is 1.94. The quantitative estimate of drug-likeness (QED) is 0.762. The van der Waals surface area contributed by atoms with Crippen LogP contribution < -0.4 is 0 Å². The summed E-state index contributed by atoms with van der Waals surface area (Å²) in [6, 6.07) is 7.99. The summed E-state index contributed by atoms with van der Waals surface area (Å²) in [6.45, 7) is 3.68. The molecule has 2 nitrogen and oxygen atoms in total. The summed E-state index contributed by atoms with van der Waals surface area (Å²) in [5.41, 5.74) is 2.03. The largest absolute Gasteiger partial charge is 0.464 e. The number of ketones is 1. The second-order valence-corrected chi connectivity index (χ2v) is 3.99. The first-order chi connectivity index (χ1) is 7.18. The fourth-order valence-corrected chi connectivity index (χ4v) is 1.95. The van der Waals surface area contributed by atoms with Crippen molar-refractivity contribution in [1.82, 2.24) is 0 Å². The van der Waals surface area contributed by atoms with E-state index in [0.717, 1.165) is 16.5 Å². The highest BCUT2D eigenvalue weighted by Gasteiger charge is 2.12. The standard InChI is InChI=1S/C13H14O2/c1-9(8-10(2)14)12-5-3-4-11-6-7-15-13(11)12/h3-7,9H,8H2,1-2H3. The first kappa shape index (κ1) is 9.97. The highest BCUT2D eigenvalue weighted by atomic mass is 16.3. The molecule has 0 fully saturated rings. The Labute approximate surface area is 88.9 Å². The topological polar surface area (TPSA) is 30.2 Å². The Hall–Kier alpha value is -1.57. The number of hydrogen-bond donors (Lipinski definition) is 0. The van der Waals surface area contributed by atoms with Crippen molar-refractivity contribution in [2.45, 2.75) is 26.2 Å². The van der Waals surface area contributed by atoms with Crippen LogP contribution in [0.3, 0.4) is 0 Å². The lowest BCUT2D eigenvalue weighted by molar-refractivity contribution is -0.117. The van der Waals surface area contributed by atoms with Crippen molar-refractivity contribution in [2.75, 3.05) is 0 Å². The van der Waals surface area contributed by atoms with Crippen LogP contribution >= 0.6 is 0 Å². The molecular formula is C13H14O2. The van der Waals surface area contributed by atoms with Gasteiger partial charge in [-0.1, -0.05) is 25.1 Å². The van der Waals surface area contributed by atoms with Crippen LogP contribution in [-0.2, 0) is 4.79 Å². The molecule has 0 aliphatic carbocycles. The first-order valence-corrected chi connectivity index (χ1v) is 5.14. The monoisotopic (exact) mass is 202 g/mol. The number of benzene rings is 1. The van der Waals surface area contributed by atoms with Gasteiger partial charge in [0.2, 0.25) is 0 Å². The molecule has 0 saturated heterocycles. The van der Waals surface area contributed by atoms with Crippen LogP contribution in [0.4, 0.5) is 0 Å². The van der Waals surface area contributed by atoms with Gasteiger partial charge in [-0.25, -0.2) is 0 Å². The SMILES string of the molecule is CC(=O)CC(C)c1cccc2ccoc12. The average Bonchev–Trinajstić information content (AvgIpc) is 2.63. The number of para-hydroxylation sites is 1. The zero-order valence-electron chi connectivity index (χ0n) is 8.99. The van der Waals surface area contributed by atoms with E-state index in [0.29, 0.717) is 6.42 Å². The van der Waals surface area contributed by atoms with Gasteiger partial charge < -0.3 is 9.21 Å². The summed E-state index contributed by atoms with van der Waals surface area (Å²) < 4.78 is 5.44. The molecule has 0 N–H and O–H groups in total. The van der Waals surface area contributed by atoms with E-state index in [1.165, 1.54) is 0 Å². The van der Waals surface area contributed by atoms with Gasteiger partial charge in [0, 0.05) is 11.8 Å². The average molecular weight is 202 g/mol. The van der Waals surface area contributed by atoms with Gasteiger partial charge in [0.25, 0.3) is 0 Å². The number of furan rings is 1. The third-order valence-electron chi connectivity index (χ3n) is 2.63. The molecule has 2 aromatic rings. The summed E-state index contributed by atoms with van der Waals surface area (Å²) in [4.78, 5) is 11.1. The van der Waals surface area contributed by atoms with Gasteiger partial charge in [-0.05, 0) is 24.5 Å². The minimum absolute atomic E-state index is 0.214. The lowest BCUT2D eigenvalue weighted by Crippen LogP contribution is -2.00. The molecule has 0 amide bonds. The summed E-state index contributed by atoms with van der Waals surface area (Å²) in [5, 5.41) is 1.10. The summed E-state index contributed by atoms with van der Waals surface area (Å²) >= 11 is 0. The number of carbonyl (C=O) groups excluding carboxylic acids is 1. The van der Waals surface area contributed by atoms with E-state index in [9.17, 15) is 4.79 Å². The molecule has 0 aliphatic heterocycles. The molecule has 15 heavy (non-hydrogen) atoms. The molecule has 0 spiro atoms. The van der Waals surface area contributed by atoms with Gasteiger partial charge >= 0.3 is 0 Å². The summed E-state index contributed by atoms with van der Waals surface area (Å²) in [5.74, 6) is 0.434. The maximum absolute atomic E-state index is 11.1. The van der Waals surface area contributed by atoms with E-state index in [4.69, 9.17) is 4.42 Å². The predicted octanol–water partition coefficient (Wildman–Crippen LogP) is 3.52. The number of hydrogen-bond acceptors (Lipinski definition) is 2. The maximum Gasteiger partial charge on any atom is 0.137 e. The predicted molar refractivity (Wildman–Crippen MR) is 59.9 cm³/mol. The van der Waals surface area contributed by atoms with Crippen LogP contribution in [0, 0.1) is 0 Å². The minimum atomic E-state index is 0.214. The van der Waals surface area contributed by atoms with Gasteiger partial charge in [-0.3, -0.25) is 0 Å². The Morgan fingerprint density at radius 1 is 1.40 bits per heavy atom. The van der Waals surface area contributed by atoms with Crippen LogP contribution in [0.5, 0.6) is 0 Å². The molecular weight excluding hydrogens is 188 g/mol. The Morgan fingerprint density at radius 3 is 2.93 bits per heavy atom. The van der Waals surface area contributed by atoms with Crippen molar-refractivity contribution in [2.24, 2.45) is 0 Å². The molecule has 78 valence electrons. The van der Waals surface area contributed by atoms with Gasteiger partial charge in [-0.2, -0.15) is 0 Å². The van der Waals surface area contributed by atoms with Crippen molar-refractivity contribution >= 4 is 16.8 Å². The van der Waals surface area contributed by atoms with Crippen LogP contribution in [0.25, 0.3) is 11.0 Å². The minimum Gasteiger partial charge on any atom is -0.464 e. The molecule has 2 heteroatoms. The number of rotatable bonds is 3. The molecule has 1 atom stereocenters. The van der Waals surface area contributed by atoms with E-state index < -0.39 is 0 Å². The smallest absolute Gasteiger partial charge is 0.137 e. The molecule has 0 saturated carbocycles. The molecule has 1 aromatic heterocycles. The second-order valence-electron chi connectivity index (χ2n) is 3.99. The van der Waals surface area contributed by atoms with E-state index in [1.807, 2.05) is 24.3 Å². The van der Waals surface area contributed by atoms with E-state index in [1.54, 1.807) is 13.2 Å². The Morgan fingerprint density at radius 2 is 2.20 bits per heavy atom. The Kier molecular flexibility index (Phi) is 2.58.